The fourth-order valence-corrected chi connectivity index (χ4v) is 2.15. The summed E-state index contributed by atoms with van der Waals surface area (Å²) in [6.07, 6.45) is 2.42. The summed E-state index contributed by atoms with van der Waals surface area (Å²) >= 11 is 4.96. The van der Waals surface area contributed by atoms with Crippen LogP contribution < -0.4 is 11.1 Å². The third-order valence-corrected chi connectivity index (χ3v) is 3.47. The van der Waals surface area contributed by atoms with E-state index in [1.807, 2.05) is 0 Å². The lowest BCUT2D eigenvalue weighted by molar-refractivity contribution is -0.131. The van der Waals surface area contributed by atoms with Crippen LogP contribution in [0.5, 0.6) is 0 Å². The Bertz CT molecular complexity index is 453. The van der Waals surface area contributed by atoms with Gasteiger partial charge in [-0.15, -0.1) is 0 Å². The highest BCUT2D eigenvalue weighted by Gasteiger charge is 2.46. The Morgan fingerprint density at radius 3 is 2.76 bits per heavy atom. The molecule has 7 heteroatoms. The van der Waals surface area contributed by atoms with E-state index in [2.05, 4.69) is 15.5 Å². The summed E-state index contributed by atoms with van der Waals surface area (Å²) in [5.41, 5.74) is 4.96. The van der Waals surface area contributed by atoms with Gasteiger partial charge in [0.15, 0.2) is 5.82 Å². The predicted molar refractivity (Wildman–Crippen MR) is 64.0 cm³/mol. The van der Waals surface area contributed by atoms with Crippen LogP contribution in [-0.4, -0.2) is 21.0 Å². The van der Waals surface area contributed by atoms with Crippen molar-refractivity contribution in [2.45, 2.75) is 32.7 Å². The Morgan fingerprint density at radius 1 is 1.65 bits per heavy atom. The molecule has 0 aliphatic heterocycles. The number of carbonyl (C=O) groups excluding carboxylic acids is 1. The normalized spacial score (nSPS) is 17.2. The molecule has 1 aromatic heterocycles. The minimum atomic E-state index is -0.662. The number of rotatable bonds is 4. The van der Waals surface area contributed by atoms with Crippen LogP contribution in [0.2, 0.25) is 0 Å². The van der Waals surface area contributed by atoms with Gasteiger partial charge in [-0.05, 0) is 19.8 Å². The van der Waals surface area contributed by atoms with E-state index < -0.39 is 5.41 Å². The molecular formula is C10H14N4O2S. The van der Waals surface area contributed by atoms with Crippen molar-refractivity contribution in [1.82, 2.24) is 15.5 Å². The Kier molecular flexibility index (Phi) is 3.10. The van der Waals surface area contributed by atoms with Crippen LogP contribution in [0, 0.1) is 12.3 Å². The van der Waals surface area contributed by atoms with Gasteiger partial charge in [-0.2, -0.15) is 4.98 Å². The molecule has 2 rings (SSSR count). The smallest absolute Gasteiger partial charge is 0.246 e. The number of aromatic nitrogens is 2. The van der Waals surface area contributed by atoms with Gasteiger partial charge < -0.3 is 15.6 Å². The lowest BCUT2D eigenvalue weighted by Gasteiger charge is -2.38. The van der Waals surface area contributed by atoms with Crippen LogP contribution in [0.3, 0.4) is 0 Å². The monoisotopic (exact) mass is 254 g/mol. The van der Waals surface area contributed by atoms with Crippen molar-refractivity contribution >= 4 is 23.1 Å². The van der Waals surface area contributed by atoms with E-state index in [4.69, 9.17) is 22.5 Å². The van der Waals surface area contributed by atoms with Gasteiger partial charge >= 0.3 is 0 Å². The SMILES string of the molecule is Cc1noc(CNC(=O)C2(C(N)=S)CCC2)n1. The second-order valence-electron chi connectivity index (χ2n) is 4.22. The summed E-state index contributed by atoms with van der Waals surface area (Å²) in [4.78, 5) is 16.3. The zero-order valence-corrected chi connectivity index (χ0v) is 10.3. The molecule has 1 aromatic rings. The Labute approximate surface area is 104 Å². The van der Waals surface area contributed by atoms with Crippen LogP contribution in [0.25, 0.3) is 0 Å². The van der Waals surface area contributed by atoms with Crippen LogP contribution >= 0.6 is 12.2 Å². The van der Waals surface area contributed by atoms with Crippen LogP contribution in [0.15, 0.2) is 4.52 Å². The van der Waals surface area contributed by atoms with E-state index in [0.717, 1.165) is 19.3 Å². The minimum absolute atomic E-state index is 0.146. The highest BCUT2D eigenvalue weighted by Crippen LogP contribution is 2.41. The van der Waals surface area contributed by atoms with E-state index in [-0.39, 0.29) is 17.4 Å². The first-order valence-corrected chi connectivity index (χ1v) is 5.83. The van der Waals surface area contributed by atoms with Crippen molar-refractivity contribution < 1.29 is 9.32 Å². The van der Waals surface area contributed by atoms with Crippen molar-refractivity contribution in [3.8, 4) is 0 Å². The molecule has 1 aliphatic carbocycles. The highest BCUT2D eigenvalue weighted by molar-refractivity contribution is 7.80. The second-order valence-corrected chi connectivity index (χ2v) is 4.66. The van der Waals surface area contributed by atoms with Gasteiger partial charge in [-0.3, -0.25) is 4.79 Å². The summed E-state index contributed by atoms with van der Waals surface area (Å²) in [7, 11) is 0. The molecule has 0 saturated heterocycles. The number of thiocarbonyl (C=S) groups is 1. The number of hydrogen-bond acceptors (Lipinski definition) is 5. The molecule has 1 heterocycles. The number of aryl methyl sites for hydroxylation is 1. The maximum absolute atomic E-state index is 12.0. The summed E-state index contributed by atoms with van der Waals surface area (Å²) < 4.78 is 4.90. The second kappa shape index (κ2) is 4.40. The van der Waals surface area contributed by atoms with Gasteiger partial charge in [0.2, 0.25) is 11.8 Å². The van der Waals surface area contributed by atoms with Crippen molar-refractivity contribution in [1.29, 1.82) is 0 Å². The van der Waals surface area contributed by atoms with E-state index >= 15 is 0 Å². The molecule has 0 aromatic carbocycles. The van der Waals surface area contributed by atoms with E-state index in [1.165, 1.54) is 0 Å². The number of hydrogen-bond donors (Lipinski definition) is 2. The highest BCUT2D eigenvalue weighted by atomic mass is 32.1. The topological polar surface area (TPSA) is 94.0 Å². The third kappa shape index (κ3) is 2.14. The minimum Gasteiger partial charge on any atom is -0.392 e. The average molecular weight is 254 g/mol. The van der Waals surface area contributed by atoms with Gasteiger partial charge in [0.1, 0.15) is 0 Å². The summed E-state index contributed by atoms with van der Waals surface area (Å²) in [5.74, 6) is 0.780. The molecule has 1 aliphatic rings. The van der Waals surface area contributed by atoms with Gasteiger partial charge in [0, 0.05) is 0 Å². The van der Waals surface area contributed by atoms with Crippen molar-refractivity contribution in [2.75, 3.05) is 0 Å². The summed E-state index contributed by atoms with van der Waals surface area (Å²) in [5, 5.41) is 6.37. The molecule has 0 unspecified atom stereocenters. The predicted octanol–water partition coefficient (Wildman–Crippen LogP) is 0.451. The molecule has 0 atom stereocenters. The number of carbonyl (C=O) groups is 1. The Morgan fingerprint density at radius 2 is 2.35 bits per heavy atom. The van der Waals surface area contributed by atoms with Crippen molar-refractivity contribution in [3.05, 3.63) is 11.7 Å². The quantitative estimate of drug-likeness (QED) is 0.758. The zero-order chi connectivity index (χ0) is 12.5. The van der Waals surface area contributed by atoms with Crippen LogP contribution in [0.4, 0.5) is 0 Å². The molecule has 17 heavy (non-hydrogen) atoms. The Balaban J connectivity index is 1.95. The largest absolute Gasteiger partial charge is 0.392 e. The molecule has 0 radical (unpaired) electrons. The van der Waals surface area contributed by atoms with E-state index in [9.17, 15) is 4.79 Å². The molecular weight excluding hydrogens is 240 g/mol. The van der Waals surface area contributed by atoms with Crippen molar-refractivity contribution in [2.24, 2.45) is 11.1 Å². The maximum Gasteiger partial charge on any atom is 0.246 e. The van der Waals surface area contributed by atoms with Crippen molar-refractivity contribution in [3.63, 3.8) is 0 Å². The van der Waals surface area contributed by atoms with Gasteiger partial charge in [0.05, 0.1) is 16.9 Å². The summed E-state index contributed by atoms with van der Waals surface area (Å²) in [6, 6.07) is 0. The number of nitrogens with two attached hydrogens (primary N) is 1. The van der Waals surface area contributed by atoms with Gasteiger partial charge in [-0.1, -0.05) is 23.8 Å². The van der Waals surface area contributed by atoms with E-state index in [0.29, 0.717) is 11.7 Å². The third-order valence-electron chi connectivity index (χ3n) is 3.08. The first kappa shape index (κ1) is 12.0. The Hall–Kier alpha value is -1.50. The fourth-order valence-electron chi connectivity index (χ4n) is 1.85. The molecule has 1 fully saturated rings. The first-order chi connectivity index (χ1) is 8.04. The molecule has 3 N–H and O–H groups in total. The zero-order valence-electron chi connectivity index (χ0n) is 9.52. The van der Waals surface area contributed by atoms with Gasteiger partial charge in [0.25, 0.3) is 0 Å². The average Bonchev–Trinajstić information content (AvgIpc) is 2.59. The molecule has 92 valence electrons. The number of nitrogens with one attached hydrogen (secondary N) is 1. The van der Waals surface area contributed by atoms with Crippen LogP contribution in [-0.2, 0) is 11.3 Å². The molecule has 0 bridgehead atoms. The fraction of sp³-hybridized carbons (Fsp3) is 0.600. The maximum atomic E-state index is 12.0. The standard InChI is InChI=1S/C10H14N4O2S/c1-6-13-7(16-14-6)5-12-9(15)10(8(11)17)3-2-4-10/h2-5H2,1H3,(H2,11,17)(H,12,15). The first-order valence-electron chi connectivity index (χ1n) is 5.42. The molecule has 1 saturated carbocycles. The van der Waals surface area contributed by atoms with E-state index in [1.54, 1.807) is 6.92 Å². The lowest BCUT2D eigenvalue weighted by atomic mass is 9.68. The lowest BCUT2D eigenvalue weighted by Crippen LogP contribution is -2.52. The molecule has 0 spiro atoms. The number of nitrogens with zero attached hydrogens (tertiary/aromatic N) is 2. The van der Waals surface area contributed by atoms with Gasteiger partial charge in [-0.25, -0.2) is 0 Å². The molecule has 1 amide bonds. The summed E-state index contributed by atoms with van der Waals surface area (Å²) in [6.45, 7) is 1.93. The van der Waals surface area contributed by atoms with Crippen LogP contribution in [0.1, 0.15) is 31.0 Å². The number of amides is 1. The molecule has 6 nitrogen and oxygen atoms in total.